The maximum Gasteiger partial charge on any atom is 0.242 e. The molecule has 0 saturated carbocycles. The normalized spacial score (nSPS) is 20.7. The van der Waals surface area contributed by atoms with Crippen LogP contribution in [0.5, 0.6) is 0 Å². The van der Waals surface area contributed by atoms with E-state index in [1.807, 2.05) is 25.7 Å². The zero-order chi connectivity index (χ0) is 13.8. The Bertz CT molecular complexity index is 307. The van der Waals surface area contributed by atoms with Gasteiger partial charge >= 0.3 is 0 Å². The predicted octanol–water partition coefficient (Wildman–Crippen LogP) is 1.94. The Morgan fingerprint density at radius 2 is 1.94 bits per heavy atom. The van der Waals surface area contributed by atoms with Crippen LogP contribution >= 0.6 is 0 Å². The molecule has 0 aromatic rings. The lowest BCUT2D eigenvalue weighted by Gasteiger charge is -2.35. The highest BCUT2D eigenvalue weighted by Crippen LogP contribution is 2.19. The van der Waals surface area contributed by atoms with Gasteiger partial charge in [0.2, 0.25) is 11.8 Å². The van der Waals surface area contributed by atoms with E-state index in [-0.39, 0.29) is 18.4 Å². The molecular formula is C14H26N2O2. The molecule has 0 radical (unpaired) electrons. The summed E-state index contributed by atoms with van der Waals surface area (Å²) in [6, 6.07) is 0.359. The van der Waals surface area contributed by atoms with Crippen molar-refractivity contribution in [1.29, 1.82) is 0 Å². The largest absolute Gasteiger partial charge is 0.347 e. The Morgan fingerprint density at radius 3 is 2.50 bits per heavy atom. The minimum absolute atomic E-state index is 0.0548. The van der Waals surface area contributed by atoms with Crippen molar-refractivity contribution in [2.75, 3.05) is 13.1 Å². The number of carbonyl (C=O) groups excluding carboxylic acids is 2. The smallest absolute Gasteiger partial charge is 0.242 e. The van der Waals surface area contributed by atoms with Gasteiger partial charge in [-0.3, -0.25) is 9.59 Å². The number of hydrogen-bond donors (Lipinski definition) is 1. The molecule has 104 valence electrons. The van der Waals surface area contributed by atoms with E-state index in [0.29, 0.717) is 6.04 Å². The van der Waals surface area contributed by atoms with E-state index in [1.54, 1.807) is 0 Å². The second-order valence-electron chi connectivity index (χ2n) is 6.08. The van der Waals surface area contributed by atoms with Gasteiger partial charge < -0.3 is 10.2 Å². The molecule has 1 fully saturated rings. The summed E-state index contributed by atoms with van der Waals surface area (Å²) in [6.07, 6.45) is 4.38. The summed E-state index contributed by atoms with van der Waals surface area (Å²) < 4.78 is 0. The van der Waals surface area contributed by atoms with Crippen LogP contribution in [0.4, 0.5) is 0 Å². The molecule has 1 N–H and O–H groups in total. The summed E-state index contributed by atoms with van der Waals surface area (Å²) in [5.74, 6) is -0.0138. The van der Waals surface area contributed by atoms with Crippen molar-refractivity contribution in [3.63, 3.8) is 0 Å². The summed E-state index contributed by atoms with van der Waals surface area (Å²) in [5.41, 5.74) is -0.438. The molecule has 1 aliphatic heterocycles. The van der Waals surface area contributed by atoms with Crippen LogP contribution in [0.2, 0.25) is 0 Å². The second-order valence-corrected chi connectivity index (χ2v) is 6.08. The summed E-state index contributed by atoms with van der Waals surface area (Å²) in [7, 11) is 0. The van der Waals surface area contributed by atoms with Crippen LogP contribution in [-0.4, -0.2) is 35.8 Å². The van der Waals surface area contributed by atoms with Crippen molar-refractivity contribution in [2.45, 2.75) is 59.4 Å². The van der Waals surface area contributed by atoms with Gasteiger partial charge in [-0.25, -0.2) is 0 Å². The summed E-state index contributed by atoms with van der Waals surface area (Å²) in [4.78, 5) is 25.8. The fraction of sp³-hybridized carbons (Fsp3) is 0.857. The highest BCUT2D eigenvalue weighted by atomic mass is 16.2. The van der Waals surface area contributed by atoms with E-state index >= 15 is 0 Å². The summed E-state index contributed by atoms with van der Waals surface area (Å²) >= 11 is 0. The Labute approximate surface area is 110 Å². The van der Waals surface area contributed by atoms with Crippen LogP contribution in [-0.2, 0) is 9.59 Å². The van der Waals surface area contributed by atoms with Crippen molar-refractivity contribution < 1.29 is 9.59 Å². The van der Waals surface area contributed by atoms with Gasteiger partial charge in [0.05, 0.1) is 6.54 Å². The van der Waals surface area contributed by atoms with Crippen LogP contribution in [0.15, 0.2) is 0 Å². The maximum absolute atomic E-state index is 12.1. The molecule has 1 unspecified atom stereocenters. The molecule has 1 atom stereocenters. The van der Waals surface area contributed by atoms with Gasteiger partial charge in [0.15, 0.2) is 0 Å². The molecule has 2 amide bonds. The molecule has 0 aliphatic carbocycles. The lowest BCUT2D eigenvalue weighted by atomic mass is 9.95. The molecular weight excluding hydrogens is 228 g/mol. The van der Waals surface area contributed by atoms with Gasteiger partial charge in [0.1, 0.15) is 0 Å². The first-order chi connectivity index (χ1) is 8.36. The van der Waals surface area contributed by atoms with E-state index < -0.39 is 5.41 Å². The fourth-order valence-electron chi connectivity index (χ4n) is 2.28. The van der Waals surface area contributed by atoms with Crippen LogP contribution in [0, 0.1) is 5.41 Å². The van der Waals surface area contributed by atoms with Gasteiger partial charge in [0.25, 0.3) is 0 Å². The van der Waals surface area contributed by atoms with Gasteiger partial charge in [-0.05, 0) is 25.7 Å². The van der Waals surface area contributed by atoms with Crippen LogP contribution < -0.4 is 5.32 Å². The minimum atomic E-state index is -0.438. The van der Waals surface area contributed by atoms with E-state index in [9.17, 15) is 9.59 Å². The molecule has 1 saturated heterocycles. The molecule has 18 heavy (non-hydrogen) atoms. The predicted molar refractivity (Wildman–Crippen MR) is 72.1 cm³/mol. The molecule has 1 rings (SSSR count). The molecule has 0 spiro atoms. The average Bonchev–Trinajstić information content (AvgIpc) is 2.34. The lowest BCUT2D eigenvalue weighted by molar-refractivity contribution is -0.137. The summed E-state index contributed by atoms with van der Waals surface area (Å²) in [5, 5.41) is 2.73. The van der Waals surface area contributed by atoms with Crippen molar-refractivity contribution in [2.24, 2.45) is 5.41 Å². The SMILES string of the molecule is CCC1CCCCN1C(=O)CNC(=O)C(C)(C)C. The first kappa shape index (κ1) is 15.0. The highest BCUT2D eigenvalue weighted by molar-refractivity contribution is 5.87. The second kappa shape index (κ2) is 6.21. The van der Waals surface area contributed by atoms with Crippen molar-refractivity contribution in [3.05, 3.63) is 0 Å². The average molecular weight is 254 g/mol. The lowest BCUT2D eigenvalue weighted by Crippen LogP contribution is -2.49. The molecule has 1 heterocycles. The minimum Gasteiger partial charge on any atom is -0.347 e. The third-order valence-electron chi connectivity index (χ3n) is 3.50. The number of nitrogens with zero attached hydrogens (tertiary/aromatic N) is 1. The molecule has 0 aromatic carbocycles. The molecule has 4 heteroatoms. The van der Waals surface area contributed by atoms with Crippen molar-refractivity contribution >= 4 is 11.8 Å². The van der Waals surface area contributed by atoms with E-state index in [0.717, 1.165) is 25.8 Å². The van der Waals surface area contributed by atoms with E-state index in [4.69, 9.17) is 0 Å². The van der Waals surface area contributed by atoms with Crippen molar-refractivity contribution in [3.8, 4) is 0 Å². The molecule has 4 nitrogen and oxygen atoms in total. The monoisotopic (exact) mass is 254 g/mol. The third kappa shape index (κ3) is 4.00. The number of amides is 2. The Morgan fingerprint density at radius 1 is 1.28 bits per heavy atom. The van der Waals surface area contributed by atoms with Crippen LogP contribution in [0.3, 0.4) is 0 Å². The number of likely N-dealkylation sites (tertiary alicyclic amines) is 1. The van der Waals surface area contributed by atoms with Gasteiger partial charge in [-0.15, -0.1) is 0 Å². The first-order valence-electron chi connectivity index (χ1n) is 6.94. The van der Waals surface area contributed by atoms with Crippen molar-refractivity contribution in [1.82, 2.24) is 10.2 Å². The number of nitrogens with one attached hydrogen (secondary N) is 1. The maximum atomic E-state index is 12.1. The number of hydrogen-bond acceptors (Lipinski definition) is 2. The Kier molecular flexibility index (Phi) is 5.17. The van der Waals surface area contributed by atoms with E-state index in [2.05, 4.69) is 12.2 Å². The van der Waals surface area contributed by atoms with Gasteiger partial charge in [-0.2, -0.15) is 0 Å². The van der Waals surface area contributed by atoms with Gasteiger partial charge in [0, 0.05) is 18.0 Å². The zero-order valence-electron chi connectivity index (χ0n) is 12.1. The topological polar surface area (TPSA) is 49.4 Å². The molecule has 0 bridgehead atoms. The standard InChI is InChI=1S/C14H26N2O2/c1-5-11-8-6-7-9-16(11)12(17)10-15-13(18)14(2,3)4/h11H,5-10H2,1-4H3,(H,15,18). The highest BCUT2D eigenvalue weighted by Gasteiger charge is 2.27. The Hall–Kier alpha value is -1.06. The first-order valence-corrected chi connectivity index (χ1v) is 6.94. The number of piperidine rings is 1. The Balaban J connectivity index is 2.47. The van der Waals surface area contributed by atoms with Crippen LogP contribution in [0.25, 0.3) is 0 Å². The third-order valence-corrected chi connectivity index (χ3v) is 3.50. The van der Waals surface area contributed by atoms with Crippen LogP contribution in [0.1, 0.15) is 53.4 Å². The molecule has 0 aromatic heterocycles. The fourth-order valence-corrected chi connectivity index (χ4v) is 2.28. The van der Waals surface area contributed by atoms with E-state index in [1.165, 1.54) is 6.42 Å². The number of carbonyl (C=O) groups is 2. The number of rotatable bonds is 3. The zero-order valence-corrected chi connectivity index (χ0v) is 12.1. The van der Waals surface area contributed by atoms with Gasteiger partial charge in [-0.1, -0.05) is 27.7 Å². The molecule has 1 aliphatic rings. The quantitative estimate of drug-likeness (QED) is 0.836. The summed E-state index contributed by atoms with van der Waals surface area (Å²) in [6.45, 7) is 8.63.